The highest BCUT2D eigenvalue weighted by atomic mass is 32.1. The van der Waals surface area contributed by atoms with E-state index in [9.17, 15) is 9.59 Å². The lowest BCUT2D eigenvalue weighted by Crippen LogP contribution is -2.35. The molecule has 0 amide bonds. The van der Waals surface area contributed by atoms with Crippen LogP contribution < -0.4 is 0 Å². The van der Waals surface area contributed by atoms with Crippen molar-refractivity contribution in [3.05, 3.63) is 23.9 Å². The third kappa shape index (κ3) is 4.18. The topological polar surface area (TPSA) is 60.4 Å². The Kier molecular flexibility index (Phi) is 5.88. The summed E-state index contributed by atoms with van der Waals surface area (Å²) in [5, 5.41) is 0.287. The second kappa shape index (κ2) is 7.13. The van der Waals surface area contributed by atoms with Gasteiger partial charge in [-0.05, 0) is 6.42 Å². The zero-order chi connectivity index (χ0) is 19.2. The van der Waals surface area contributed by atoms with Gasteiger partial charge in [0.1, 0.15) is 6.26 Å². The van der Waals surface area contributed by atoms with Crippen LogP contribution in [0.2, 0.25) is 0 Å². The third-order valence-corrected chi connectivity index (χ3v) is 5.77. The van der Waals surface area contributed by atoms with E-state index in [0.717, 1.165) is 0 Å². The fourth-order valence-corrected chi connectivity index (χ4v) is 3.58. The fourth-order valence-electron chi connectivity index (χ4n) is 2.89. The molecular weight excluding hydrogens is 396 g/mol. The van der Waals surface area contributed by atoms with E-state index in [1.807, 2.05) is 0 Å². The number of thiol groups is 4. The summed E-state index contributed by atoms with van der Waals surface area (Å²) in [6.07, 6.45) is 1.66. The number of hydrogen-bond donors (Lipinski definition) is 4. The molecule has 0 saturated heterocycles. The van der Waals surface area contributed by atoms with Crippen LogP contribution in [0, 0.1) is 10.8 Å². The first-order valence-corrected chi connectivity index (χ1v) is 9.26. The van der Waals surface area contributed by atoms with E-state index in [2.05, 4.69) is 50.5 Å². The maximum absolute atomic E-state index is 12.9. The highest BCUT2D eigenvalue weighted by Crippen LogP contribution is 2.41. The van der Waals surface area contributed by atoms with Crippen molar-refractivity contribution >= 4 is 62.1 Å². The van der Waals surface area contributed by atoms with Gasteiger partial charge >= 0.3 is 0 Å². The Morgan fingerprint density at radius 1 is 0.960 bits per heavy atom. The van der Waals surface area contributed by atoms with Crippen LogP contribution in [-0.2, 0) is 0 Å². The van der Waals surface area contributed by atoms with Gasteiger partial charge in [0, 0.05) is 16.9 Å². The summed E-state index contributed by atoms with van der Waals surface area (Å²) in [5.74, 6) is -0.129. The molecule has 0 N–H and O–H groups in total. The summed E-state index contributed by atoms with van der Waals surface area (Å²) in [4.78, 5) is 27.1. The van der Waals surface area contributed by atoms with E-state index < -0.39 is 10.8 Å². The predicted octanol–water partition coefficient (Wildman–Crippen LogP) is 5.54. The van der Waals surface area contributed by atoms with Crippen molar-refractivity contribution in [2.75, 3.05) is 0 Å². The van der Waals surface area contributed by atoms with Crippen LogP contribution in [0.3, 0.4) is 0 Å². The number of furan rings is 2. The Morgan fingerprint density at radius 3 is 1.96 bits per heavy atom. The minimum absolute atomic E-state index is 0.148. The van der Waals surface area contributed by atoms with Crippen molar-refractivity contribution in [2.24, 2.45) is 10.8 Å². The lowest BCUT2D eigenvalue weighted by atomic mass is 9.70. The van der Waals surface area contributed by atoms with Crippen molar-refractivity contribution in [2.45, 2.75) is 53.9 Å². The molecule has 0 unspecified atom stereocenters. The van der Waals surface area contributed by atoms with Gasteiger partial charge in [0.2, 0.25) is 11.6 Å². The highest BCUT2D eigenvalue weighted by molar-refractivity contribution is 7.83. The number of Topliss-reactive ketones (excluding diaryl/α,β-unsaturated/α-hetero) is 2. The van der Waals surface area contributed by atoms with E-state index in [0.29, 0.717) is 14.7 Å². The molecule has 25 heavy (non-hydrogen) atoms. The van der Waals surface area contributed by atoms with Crippen LogP contribution in [0.1, 0.15) is 55.2 Å². The number of hydrogen-bond acceptors (Lipinski definition) is 8. The Bertz CT molecular complexity index is 810. The maximum Gasteiger partial charge on any atom is 0.204 e. The molecule has 0 aromatic carbocycles. The summed E-state index contributed by atoms with van der Waals surface area (Å²) in [6.45, 7) is 7.09. The normalized spacial score (nSPS) is 12.5. The summed E-state index contributed by atoms with van der Waals surface area (Å²) in [5.41, 5.74) is -1.69. The largest absolute Gasteiger partial charge is 0.459 e. The van der Waals surface area contributed by atoms with Crippen LogP contribution >= 0.6 is 50.5 Å². The van der Waals surface area contributed by atoms with E-state index in [4.69, 9.17) is 8.83 Å². The monoisotopic (exact) mass is 416 g/mol. The zero-order valence-corrected chi connectivity index (χ0v) is 17.9. The molecule has 2 aromatic heterocycles. The lowest BCUT2D eigenvalue weighted by Gasteiger charge is -2.31. The molecule has 0 aliphatic heterocycles. The highest BCUT2D eigenvalue weighted by Gasteiger charge is 2.42. The van der Waals surface area contributed by atoms with Crippen molar-refractivity contribution in [3.63, 3.8) is 0 Å². The second-order valence-electron chi connectivity index (χ2n) is 7.20. The molecule has 0 spiro atoms. The van der Waals surface area contributed by atoms with Gasteiger partial charge in [-0.2, -0.15) is 0 Å². The van der Waals surface area contributed by atoms with Gasteiger partial charge in [0.05, 0.1) is 14.7 Å². The molecule has 0 radical (unpaired) electrons. The third-order valence-electron chi connectivity index (χ3n) is 3.98. The molecule has 0 saturated carbocycles. The summed E-state index contributed by atoms with van der Waals surface area (Å²) in [6, 6.07) is 1.54. The first kappa shape index (κ1) is 20.6. The van der Waals surface area contributed by atoms with Crippen LogP contribution in [0.15, 0.2) is 40.9 Å². The molecule has 0 aliphatic carbocycles. The van der Waals surface area contributed by atoms with Crippen molar-refractivity contribution in [1.82, 2.24) is 0 Å². The van der Waals surface area contributed by atoms with Crippen LogP contribution in [0.4, 0.5) is 0 Å². The van der Waals surface area contributed by atoms with Crippen LogP contribution in [0.25, 0.3) is 0 Å². The van der Waals surface area contributed by atoms with E-state index in [-0.39, 0.29) is 34.6 Å². The lowest BCUT2D eigenvalue weighted by molar-refractivity contribution is 0.0634. The maximum atomic E-state index is 12.9. The molecule has 4 nitrogen and oxygen atoms in total. The summed E-state index contributed by atoms with van der Waals surface area (Å²) >= 11 is 16.7. The quantitative estimate of drug-likeness (QED) is 0.369. The standard InChI is InChI=1S/C17H20O4S4/c1-16(2,13(18)8-5-9(22)15(25)21-8)7-17(3,4)14(19)11-12(24)10(23)6-20-11/h5-6,22-25H,7H2,1-4H3. The Balaban J connectivity index is 2.26. The SMILES string of the molecule is CC(C)(CC(C)(C)C(=O)c1occ(S)c1S)C(=O)c1cc(S)c(S)o1. The molecular formula is C17H20O4S4. The van der Waals surface area contributed by atoms with Gasteiger partial charge in [-0.25, -0.2) is 0 Å². The average Bonchev–Trinajstić information content (AvgIpc) is 3.00. The van der Waals surface area contributed by atoms with E-state index in [1.54, 1.807) is 27.7 Å². The molecule has 0 aliphatic rings. The van der Waals surface area contributed by atoms with Crippen molar-refractivity contribution in [3.8, 4) is 0 Å². The molecule has 2 heterocycles. The van der Waals surface area contributed by atoms with Gasteiger partial charge in [0.25, 0.3) is 0 Å². The average molecular weight is 417 g/mol. The number of carbonyl (C=O) groups is 2. The van der Waals surface area contributed by atoms with Gasteiger partial charge in [-0.1, -0.05) is 27.7 Å². The second-order valence-corrected chi connectivity index (χ2v) is 9.02. The number of rotatable bonds is 6. The molecule has 0 atom stereocenters. The fraction of sp³-hybridized carbons (Fsp3) is 0.412. The Hall–Kier alpha value is -0.700. The smallest absolute Gasteiger partial charge is 0.204 e. The van der Waals surface area contributed by atoms with E-state index in [1.165, 1.54) is 12.3 Å². The molecule has 136 valence electrons. The van der Waals surface area contributed by atoms with Gasteiger partial charge in [-0.3, -0.25) is 9.59 Å². The molecule has 2 aromatic rings. The molecule has 8 heteroatoms. The van der Waals surface area contributed by atoms with Crippen LogP contribution in [-0.4, -0.2) is 11.6 Å². The zero-order valence-electron chi connectivity index (χ0n) is 14.3. The van der Waals surface area contributed by atoms with Crippen LogP contribution in [0.5, 0.6) is 0 Å². The van der Waals surface area contributed by atoms with Crippen molar-refractivity contribution < 1.29 is 18.4 Å². The Morgan fingerprint density at radius 2 is 1.52 bits per heavy atom. The molecule has 0 bridgehead atoms. The minimum Gasteiger partial charge on any atom is -0.459 e. The van der Waals surface area contributed by atoms with Gasteiger partial charge in [0.15, 0.2) is 16.6 Å². The summed E-state index contributed by atoms with van der Waals surface area (Å²) in [7, 11) is 0. The first-order chi connectivity index (χ1) is 11.4. The summed E-state index contributed by atoms with van der Waals surface area (Å²) < 4.78 is 10.7. The molecule has 0 fully saturated rings. The van der Waals surface area contributed by atoms with Gasteiger partial charge < -0.3 is 8.83 Å². The Labute approximate surface area is 168 Å². The first-order valence-electron chi connectivity index (χ1n) is 7.47. The van der Waals surface area contributed by atoms with E-state index >= 15 is 0 Å². The van der Waals surface area contributed by atoms with Gasteiger partial charge in [-0.15, -0.1) is 50.5 Å². The predicted molar refractivity (Wildman–Crippen MR) is 107 cm³/mol. The minimum atomic E-state index is -0.852. The molecule has 2 rings (SSSR count). The number of ketones is 2. The number of carbonyl (C=O) groups excluding carboxylic acids is 2. The van der Waals surface area contributed by atoms with Crippen molar-refractivity contribution in [1.29, 1.82) is 0 Å².